The zero-order valence-electron chi connectivity index (χ0n) is 18.1. The van der Waals surface area contributed by atoms with Crippen LogP contribution in [0.4, 0.5) is 5.69 Å². The zero-order chi connectivity index (χ0) is 22.7. The molecule has 0 aliphatic rings. The molecule has 0 radical (unpaired) electrons. The molecule has 0 fully saturated rings. The number of fused-ring (bicyclic) bond motifs is 1. The number of pyridine rings is 1. The van der Waals surface area contributed by atoms with Crippen molar-refractivity contribution in [1.82, 2.24) is 4.98 Å². The lowest BCUT2D eigenvalue weighted by Crippen LogP contribution is -2.10. The first-order valence-corrected chi connectivity index (χ1v) is 11.6. The van der Waals surface area contributed by atoms with Crippen molar-refractivity contribution in [3.63, 3.8) is 0 Å². The molecule has 0 unspecified atom stereocenters. The van der Waals surface area contributed by atoms with Crippen molar-refractivity contribution in [3.8, 4) is 11.5 Å². The summed E-state index contributed by atoms with van der Waals surface area (Å²) in [5, 5.41) is 3.97. The van der Waals surface area contributed by atoms with Crippen molar-refractivity contribution in [2.24, 2.45) is 0 Å². The van der Waals surface area contributed by atoms with E-state index in [1.807, 2.05) is 31.2 Å². The second-order valence-corrected chi connectivity index (χ2v) is 9.30. The minimum absolute atomic E-state index is 0.107. The minimum atomic E-state index is -3.80. The van der Waals surface area contributed by atoms with E-state index in [0.29, 0.717) is 34.6 Å². The number of anilines is 1. The van der Waals surface area contributed by atoms with Gasteiger partial charge in [0.05, 0.1) is 30.3 Å². The number of aryl methyl sites for hydroxylation is 1. The Kier molecular flexibility index (Phi) is 6.01. The summed E-state index contributed by atoms with van der Waals surface area (Å²) in [5.74, 6) is 1.02. The number of sulfone groups is 1. The Hall–Kier alpha value is -3.58. The van der Waals surface area contributed by atoms with Crippen LogP contribution in [0.1, 0.15) is 11.1 Å². The summed E-state index contributed by atoms with van der Waals surface area (Å²) in [5.41, 5.74) is 3.26. The second-order valence-electron chi connectivity index (χ2n) is 7.38. The smallest absolute Gasteiger partial charge is 0.210 e. The molecular formula is C25H24N2O4S. The van der Waals surface area contributed by atoms with Gasteiger partial charge in [-0.2, -0.15) is 0 Å². The van der Waals surface area contributed by atoms with Crippen LogP contribution in [-0.2, 0) is 16.4 Å². The second kappa shape index (κ2) is 8.88. The van der Waals surface area contributed by atoms with Crippen LogP contribution in [0.5, 0.6) is 11.5 Å². The van der Waals surface area contributed by atoms with E-state index >= 15 is 0 Å². The fourth-order valence-electron chi connectivity index (χ4n) is 3.51. The lowest BCUT2D eigenvalue weighted by Gasteiger charge is -2.17. The van der Waals surface area contributed by atoms with Gasteiger partial charge in [-0.05, 0) is 30.7 Å². The molecule has 4 aromatic rings. The van der Waals surface area contributed by atoms with Crippen molar-refractivity contribution >= 4 is 26.4 Å². The summed E-state index contributed by atoms with van der Waals surface area (Å²) in [6.07, 6.45) is 1.40. The van der Waals surface area contributed by atoms with Crippen LogP contribution < -0.4 is 14.8 Å². The fourth-order valence-corrected chi connectivity index (χ4v) is 4.92. The number of benzene rings is 3. The maximum atomic E-state index is 13.5. The lowest BCUT2D eigenvalue weighted by molar-refractivity contribution is 0.356. The highest BCUT2D eigenvalue weighted by Gasteiger charge is 2.24. The van der Waals surface area contributed by atoms with E-state index in [-0.39, 0.29) is 9.79 Å². The van der Waals surface area contributed by atoms with Crippen LogP contribution >= 0.6 is 0 Å². The van der Waals surface area contributed by atoms with Crippen LogP contribution in [0.25, 0.3) is 10.9 Å². The Balaban J connectivity index is 1.90. The monoisotopic (exact) mass is 448 g/mol. The van der Waals surface area contributed by atoms with E-state index in [1.54, 1.807) is 56.7 Å². The van der Waals surface area contributed by atoms with Gasteiger partial charge < -0.3 is 14.8 Å². The summed E-state index contributed by atoms with van der Waals surface area (Å²) < 4.78 is 37.8. The topological polar surface area (TPSA) is 77.5 Å². The third-order valence-corrected chi connectivity index (χ3v) is 7.05. The molecule has 0 atom stereocenters. The van der Waals surface area contributed by atoms with Crippen LogP contribution in [0.3, 0.4) is 0 Å². The van der Waals surface area contributed by atoms with Gasteiger partial charge in [0.2, 0.25) is 9.84 Å². The van der Waals surface area contributed by atoms with E-state index in [2.05, 4.69) is 10.3 Å². The average molecular weight is 449 g/mol. The Labute approximate surface area is 187 Å². The Bertz CT molecular complexity index is 1350. The molecule has 0 saturated heterocycles. The van der Waals surface area contributed by atoms with Crippen molar-refractivity contribution in [3.05, 3.63) is 84.1 Å². The molecule has 4 rings (SSSR count). The number of nitrogens with zero attached hydrogens (tertiary/aromatic N) is 1. The number of hydrogen-bond donors (Lipinski definition) is 1. The molecular weight excluding hydrogens is 424 g/mol. The highest BCUT2D eigenvalue weighted by atomic mass is 32.2. The molecule has 0 aliphatic carbocycles. The first-order valence-electron chi connectivity index (χ1n) is 10.1. The van der Waals surface area contributed by atoms with Crippen molar-refractivity contribution in [1.29, 1.82) is 0 Å². The molecule has 3 aromatic carbocycles. The maximum Gasteiger partial charge on any atom is 0.210 e. The number of aromatic nitrogens is 1. The summed E-state index contributed by atoms with van der Waals surface area (Å²) in [6.45, 7) is 2.48. The quantitative estimate of drug-likeness (QED) is 0.428. The van der Waals surface area contributed by atoms with Crippen LogP contribution in [0.2, 0.25) is 0 Å². The molecule has 0 spiro atoms. The lowest BCUT2D eigenvalue weighted by atomic mass is 10.1. The van der Waals surface area contributed by atoms with Gasteiger partial charge in [0.1, 0.15) is 4.90 Å². The fraction of sp³-hybridized carbons (Fsp3) is 0.160. The Morgan fingerprint density at radius 2 is 1.56 bits per heavy atom. The van der Waals surface area contributed by atoms with Crippen LogP contribution in [-0.4, -0.2) is 27.6 Å². The molecule has 6 nitrogen and oxygen atoms in total. The molecule has 1 heterocycles. The molecule has 164 valence electrons. The number of nitrogens with one attached hydrogen (secondary N) is 1. The van der Waals surface area contributed by atoms with Gasteiger partial charge in [-0.1, -0.05) is 48.0 Å². The van der Waals surface area contributed by atoms with E-state index in [1.165, 1.54) is 6.20 Å². The zero-order valence-corrected chi connectivity index (χ0v) is 18.9. The highest BCUT2D eigenvalue weighted by Crippen LogP contribution is 2.38. The van der Waals surface area contributed by atoms with Gasteiger partial charge in [-0.25, -0.2) is 8.42 Å². The summed E-state index contributed by atoms with van der Waals surface area (Å²) in [7, 11) is -0.712. The molecule has 7 heteroatoms. The van der Waals surface area contributed by atoms with Crippen molar-refractivity contribution in [2.75, 3.05) is 19.5 Å². The molecule has 1 N–H and O–H groups in total. The van der Waals surface area contributed by atoms with E-state index in [0.717, 1.165) is 11.1 Å². The van der Waals surface area contributed by atoms with Gasteiger partial charge in [-0.3, -0.25) is 4.98 Å². The number of rotatable bonds is 7. The van der Waals surface area contributed by atoms with Gasteiger partial charge in [0, 0.05) is 24.2 Å². The number of ether oxygens (including phenoxy) is 2. The first-order chi connectivity index (χ1) is 15.4. The summed E-state index contributed by atoms with van der Waals surface area (Å²) in [4.78, 5) is 4.74. The average Bonchev–Trinajstić information content (AvgIpc) is 2.82. The normalized spacial score (nSPS) is 11.3. The maximum absolute atomic E-state index is 13.5. The predicted octanol–water partition coefficient (Wildman–Crippen LogP) is 5.01. The third-order valence-electron chi connectivity index (χ3n) is 5.27. The molecule has 1 aromatic heterocycles. The van der Waals surface area contributed by atoms with E-state index in [9.17, 15) is 8.42 Å². The van der Waals surface area contributed by atoms with Gasteiger partial charge in [0.25, 0.3) is 0 Å². The molecule has 0 saturated carbocycles. The van der Waals surface area contributed by atoms with Gasteiger partial charge >= 0.3 is 0 Å². The molecule has 0 bridgehead atoms. The third kappa shape index (κ3) is 4.11. The summed E-state index contributed by atoms with van der Waals surface area (Å²) >= 11 is 0. The SMILES string of the molecule is COc1cc2ncc(S(=O)(=O)c3ccccc3)c(NCc3ccc(C)cc3)c2cc1OC. The van der Waals surface area contributed by atoms with Crippen LogP contribution in [0.15, 0.2) is 82.7 Å². The van der Waals surface area contributed by atoms with E-state index < -0.39 is 9.84 Å². The summed E-state index contributed by atoms with van der Waals surface area (Å²) in [6, 6.07) is 19.9. The highest BCUT2D eigenvalue weighted by molar-refractivity contribution is 7.91. The van der Waals surface area contributed by atoms with Crippen LogP contribution in [0, 0.1) is 6.92 Å². The minimum Gasteiger partial charge on any atom is -0.493 e. The van der Waals surface area contributed by atoms with Crippen molar-refractivity contribution in [2.45, 2.75) is 23.3 Å². The Morgan fingerprint density at radius 3 is 2.22 bits per heavy atom. The van der Waals surface area contributed by atoms with E-state index in [4.69, 9.17) is 9.47 Å². The molecule has 0 amide bonds. The largest absolute Gasteiger partial charge is 0.493 e. The first kappa shape index (κ1) is 21.6. The van der Waals surface area contributed by atoms with Crippen molar-refractivity contribution < 1.29 is 17.9 Å². The van der Waals surface area contributed by atoms with Gasteiger partial charge in [-0.15, -0.1) is 0 Å². The van der Waals surface area contributed by atoms with Gasteiger partial charge in [0.15, 0.2) is 11.5 Å². The number of hydrogen-bond acceptors (Lipinski definition) is 6. The molecule has 32 heavy (non-hydrogen) atoms. The number of methoxy groups -OCH3 is 2. The predicted molar refractivity (Wildman–Crippen MR) is 125 cm³/mol. The molecule has 0 aliphatic heterocycles. The Morgan fingerprint density at radius 1 is 0.906 bits per heavy atom. The standard InChI is InChI=1S/C25H24N2O4S/c1-17-9-11-18(12-10-17)15-27-25-20-13-22(30-2)23(31-3)14-21(20)26-16-24(25)32(28,29)19-7-5-4-6-8-19/h4-14,16H,15H2,1-3H3,(H,26,27).